The second-order valence-corrected chi connectivity index (χ2v) is 7.73. The molecule has 0 bridgehead atoms. The number of carbonyl (C=O) groups is 1. The molecule has 6 nitrogen and oxygen atoms in total. The lowest BCUT2D eigenvalue weighted by molar-refractivity contribution is 0.206. The monoisotopic (exact) mass is 383 g/mol. The fourth-order valence-electron chi connectivity index (χ4n) is 3.38. The number of carbonyl (C=O) groups excluding carboxylic acids is 1. The normalized spacial score (nSPS) is 13.4. The van der Waals surface area contributed by atoms with Gasteiger partial charge in [0.25, 0.3) is 0 Å². The van der Waals surface area contributed by atoms with E-state index in [2.05, 4.69) is 10.3 Å². The number of aromatic nitrogens is 1. The number of nitrogens with zero attached hydrogens (tertiary/aromatic N) is 2. The molecule has 0 saturated heterocycles. The van der Waals surface area contributed by atoms with Crippen molar-refractivity contribution in [2.45, 2.75) is 19.9 Å². The van der Waals surface area contributed by atoms with Crippen LogP contribution in [-0.4, -0.2) is 36.7 Å². The number of ether oxygens (including phenoxy) is 2. The van der Waals surface area contributed by atoms with E-state index < -0.39 is 0 Å². The molecule has 140 valence electrons. The van der Waals surface area contributed by atoms with Crippen LogP contribution in [0.4, 0.5) is 10.5 Å². The summed E-state index contributed by atoms with van der Waals surface area (Å²) in [5.74, 6) is 1.41. The SMILES string of the molecule is COc1cc2c(cc1OC)CN(C(=O)Nc1ccc3nc(C)sc3c1)CC2. The number of rotatable bonds is 3. The molecule has 1 aliphatic rings. The largest absolute Gasteiger partial charge is 0.493 e. The van der Waals surface area contributed by atoms with E-state index in [1.807, 2.05) is 42.2 Å². The van der Waals surface area contributed by atoms with Crippen LogP contribution in [0.3, 0.4) is 0 Å². The number of hydrogen-bond acceptors (Lipinski definition) is 5. The molecule has 0 aliphatic carbocycles. The summed E-state index contributed by atoms with van der Waals surface area (Å²) in [4.78, 5) is 19.0. The number of benzene rings is 2. The highest BCUT2D eigenvalue weighted by atomic mass is 32.1. The molecule has 0 spiro atoms. The number of aryl methyl sites for hydroxylation is 1. The van der Waals surface area contributed by atoms with E-state index in [1.165, 1.54) is 5.56 Å². The quantitative estimate of drug-likeness (QED) is 0.736. The van der Waals surface area contributed by atoms with Gasteiger partial charge in [-0.3, -0.25) is 0 Å². The molecule has 0 saturated carbocycles. The number of fused-ring (bicyclic) bond motifs is 2. The van der Waals surface area contributed by atoms with Crippen LogP contribution in [0.5, 0.6) is 11.5 Å². The number of hydrogen-bond donors (Lipinski definition) is 1. The van der Waals surface area contributed by atoms with Gasteiger partial charge in [0.05, 0.1) is 29.4 Å². The van der Waals surface area contributed by atoms with Crippen LogP contribution in [0.25, 0.3) is 10.2 Å². The highest BCUT2D eigenvalue weighted by molar-refractivity contribution is 7.18. The average molecular weight is 383 g/mol. The van der Waals surface area contributed by atoms with Crippen LogP contribution >= 0.6 is 11.3 Å². The number of anilines is 1. The fourth-order valence-corrected chi connectivity index (χ4v) is 4.24. The van der Waals surface area contributed by atoms with Crippen molar-refractivity contribution in [2.75, 3.05) is 26.1 Å². The van der Waals surface area contributed by atoms with E-state index in [4.69, 9.17) is 9.47 Å². The molecule has 3 aromatic rings. The summed E-state index contributed by atoms with van der Waals surface area (Å²) >= 11 is 1.63. The Morgan fingerprint density at radius 3 is 2.63 bits per heavy atom. The summed E-state index contributed by atoms with van der Waals surface area (Å²) in [5, 5.41) is 4.02. The zero-order chi connectivity index (χ0) is 19.0. The Labute approximate surface area is 161 Å². The maximum atomic E-state index is 12.7. The summed E-state index contributed by atoms with van der Waals surface area (Å²) < 4.78 is 11.8. The third-order valence-corrected chi connectivity index (χ3v) is 5.69. The first-order valence-electron chi connectivity index (χ1n) is 8.74. The maximum absolute atomic E-state index is 12.7. The Kier molecular flexibility index (Phi) is 4.61. The van der Waals surface area contributed by atoms with E-state index in [-0.39, 0.29) is 6.03 Å². The lowest BCUT2D eigenvalue weighted by Crippen LogP contribution is -2.38. The van der Waals surface area contributed by atoms with Gasteiger partial charge in [-0.2, -0.15) is 0 Å². The summed E-state index contributed by atoms with van der Waals surface area (Å²) in [5.41, 5.74) is 4.03. The second-order valence-electron chi connectivity index (χ2n) is 6.49. The Bertz CT molecular complexity index is 1020. The molecule has 2 aromatic carbocycles. The molecule has 7 heteroatoms. The van der Waals surface area contributed by atoms with Gasteiger partial charge in [0.1, 0.15) is 0 Å². The molecule has 2 amide bonds. The van der Waals surface area contributed by atoms with E-state index in [0.717, 1.165) is 38.6 Å². The molecule has 2 heterocycles. The molecular formula is C20H21N3O3S. The lowest BCUT2D eigenvalue weighted by atomic mass is 9.99. The van der Waals surface area contributed by atoms with E-state index >= 15 is 0 Å². The highest BCUT2D eigenvalue weighted by Crippen LogP contribution is 2.33. The van der Waals surface area contributed by atoms with Gasteiger partial charge in [0, 0.05) is 18.8 Å². The maximum Gasteiger partial charge on any atom is 0.322 e. The van der Waals surface area contributed by atoms with Gasteiger partial charge in [-0.1, -0.05) is 0 Å². The lowest BCUT2D eigenvalue weighted by Gasteiger charge is -2.29. The molecule has 27 heavy (non-hydrogen) atoms. The van der Waals surface area contributed by atoms with Gasteiger partial charge >= 0.3 is 6.03 Å². The Morgan fingerprint density at radius 2 is 1.89 bits per heavy atom. The van der Waals surface area contributed by atoms with Crippen molar-refractivity contribution in [3.63, 3.8) is 0 Å². The zero-order valence-electron chi connectivity index (χ0n) is 15.5. The molecular weight excluding hydrogens is 362 g/mol. The molecule has 1 aliphatic heterocycles. The number of urea groups is 1. The molecule has 1 N–H and O–H groups in total. The zero-order valence-corrected chi connectivity index (χ0v) is 16.4. The molecule has 0 radical (unpaired) electrons. The van der Waals surface area contributed by atoms with Crippen LogP contribution in [-0.2, 0) is 13.0 Å². The molecule has 0 fully saturated rings. The van der Waals surface area contributed by atoms with Gasteiger partial charge < -0.3 is 19.7 Å². The van der Waals surface area contributed by atoms with E-state index in [1.54, 1.807) is 25.6 Å². The van der Waals surface area contributed by atoms with Gasteiger partial charge in [0.2, 0.25) is 0 Å². The van der Waals surface area contributed by atoms with Crippen LogP contribution in [0.2, 0.25) is 0 Å². The fraction of sp³-hybridized carbons (Fsp3) is 0.300. The smallest absolute Gasteiger partial charge is 0.322 e. The summed E-state index contributed by atoms with van der Waals surface area (Å²) in [6.45, 7) is 3.19. The van der Waals surface area contributed by atoms with Crippen LogP contribution < -0.4 is 14.8 Å². The number of nitrogens with one attached hydrogen (secondary N) is 1. The van der Waals surface area contributed by atoms with Crippen molar-refractivity contribution in [1.82, 2.24) is 9.88 Å². The Morgan fingerprint density at radius 1 is 1.15 bits per heavy atom. The van der Waals surface area contributed by atoms with Crippen molar-refractivity contribution in [2.24, 2.45) is 0 Å². The molecule has 4 rings (SSSR count). The summed E-state index contributed by atoms with van der Waals surface area (Å²) in [7, 11) is 3.25. The standard InChI is InChI=1S/C20H21N3O3S/c1-12-21-16-5-4-15(10-19(16)27-12)22-20(24)23-7-6-13-8-17(25-2)18(26-3)9-14(13)11-23/h4-5,8-10H,6-7,11H2,1-3H3,(H,22,24). The van der Waals surface area contributed by atoms with E-state index in [9.17, 15) is 4.79 Å². The summed E-state index contributed by atoms with van der Waals surface area (Å²) in [6, 6.07) is 9.67. The van der Waals surface area contributed by atoms with Crippen molar-refractivity contribution in [1.29, 1.82) is 0 Å². The average Bonchev–Trinajstić information content (AvgIpc) is 3.05. The van der Waals surface area contributed by atoms with Crippen molar-refractivity contribution in [3.8, 4) is 11.5 Å². The van der Waals surface area contributed by atoms with Crippen molar-refractivity contribution < 1.29 is 14.3 Å². The van der Waals surface area contributed by atoms with Gasteiger partial charge in [-0.15, -0.1) is 11.3 Å². The third-order valence-electron chi connectivity index (χ3n) is 4.75. The van der Waals surface area contributed by atoms with E-state index in [0.29, 0.717) is 18.8 Å². The van der Waals surface area contributed by atoms with Crippen molar-refractivity contribution in [3.05, 3.63) is 46.5 Å². The van der Waals surface area contributed by atoms with Gasteiger partial charge in [-0.05, 0) is 54.8 Å². The van der Waals surface area contributed by atoms with Crippen molar-refractivity contribution >= 4 is 33.3 Å². The minimum Gasteiger partial charge on any atom is -0.493 e. The predicted octanol–water partition coefficient (Wildman–Crippen LogP) is 4.21. The second kappa shape index (κ2) is 7.08. The Hall–Kier alpha value is -2.80. The number of amides is 2. The first-order valence-corrected chi connectivity index (χ1v) is 9.56. The van der Waals surface area contributed by atoms with Gasteiger partial charge in [-0.25, -0.2) is 9.78 Å². The molecule has 0 unspecified atom stereocenters. The number of methoxy groups -OCH3 is 2. The molecule has 0 atom stereocenters. The molecule has 1 aromatic heterocycles. The van der Waals surface area contributed by atoms with Crippen LogP contribution in [0.15, 0.2) is 30.3 Å². The van der Waals surface area contributed by atoms with Crippen LogP contribution in [0.1, 0.15) is 16.1 Å². The van der Waals surface area contributed by atoms with Crippen LogP contribution in [0, 0.1) is 6.92 Å². The Balaban J connectivity index is 1.51. The highest BCUT2D eigenvalue weighted by Gasteiger charge is 2.23. The first-order chi connectivity index (χ1) is 13.1. The minimum absolute atomic E-state index is 0.101. The minimum atomic E-state index is -0.101. The van der Waals surface area contributed by atoms with Gasteiger partial charge in [0.15, 0.2) is 11.5 Å². The first kappa shape index (κ1) is 17.6. The number of thiazole rings is 1. The summed E-state index contributed by atoms with van der Waals surface area (Å²) in [6.07, 6.45) is 0.788. The predicted molar refractivity (Wildman–Crippen MR) is 107 cm³/mol. The third kappa shape index (κ3) is 3.42. The topological polar surface area (TPSA) is 63.7 Å².